The molecule has 0 atom stereocenters. The van der Waals surface area contributed by atoms with Gasteiger partial charge >= 0.3 is 6.03 Å². The van der Waals surface area contributed by atoms with Crippen LogP contribution >= 0.6 is 0 Å². The van der Waals surface area contributed by atoms with Crippen LogP contribution in [0.25, 0.3) is 0 Å². The molecule has 1 aliphatic heterocycles. The maximum Gasteiger partial charge on any atom is 0.321 e. The minimum atomic E-state index is -0.0865. The zero-order chi connectivity index (χ0) is 16.7. The van der Waals surface area contributed by atoms with Gasteiger partial charge in [-0.3, -0.25) is 0 Å². The van der Waals surface area contributed by atoms with Crippen LogP contribution in [-0.4, -0.2) is 43.8 Å². The van der Waals surface area contributed by atoms with Crippen molar-refractivity contribution < 1.29 is 19.0 Å². The predicted molar refractivity (Wildman–Crippen MR) is 89.8 cm³/mol. The number of benzene rings is 1. The summed E-state index contributed by atoms with van der Waals surface area (Å²) < 4.78 is 17.0. The van der Waals surface area contributed by atoms with Crippen molar-refractivity contribution >= 4 is 11.7 Å². The van der Waals surface area contributed by atoms with E-state index >= 15 is 0 Å². The molecule has 1 heterocycles. The standard InChI is InChI=1S/C17H26N2O4/c1-4-21-14-11-13(18-17(20)19-9-7-8-10-19)12-15(22-5-2)16(14)23-6-3/h11-12H,4-10H2,1-3H3,(H,18,20). The summed E-state index contributed by atoms with van der Waals surface area (Å²) in [7, 11) is 0. The van der Waals surface area contributed by atoms with Gasteiger partial charge in [-0.1, -0.05) is 0 Å². The Labute approximate surface area is 137 Å². The third kappa shape index (κ3) is 4.43. The Hall–Kier alpha value is -2.11. The zero-order valence-corrected chi connectivity index (χ0v) is 14.2. The molecule has 6 nitrogen and oxygen atoms in total. The maximum atomic E-state index is 12.3. The third-order valence-electron chi connectivity index (χ3n) is 3.55. The van der Waals surface area contributed by atoms with Crippen molar-refractivity contribution in [3.63, 3.8) is 0 Å². The Bertz CT molecular complexity index is 500. The molecular weight excluding hydrogens is 296 g/mol. The number of amides is 2. The van der Waals surface area contributed by atoms with Crippen LogP contribution in [0, 0.1) is 0 Å². The number of likely N-dealkylation sites (tertiary alicyclic amines) is 1. The molecule has 128 valence electrons. The number of hydrogen-bond donors (Lipinski definition) is 1. The molecule has 0 aliphatic carbocycles. The van der Waals surface area contributed by atoms with Crippen molar-refractivity contribution in [1.82, 2.24) is 4.90 Å². The molecule has 0 unspecified atom stereocenters. The second kappa shape index (κ2) is 8.50. The van der Waals surface area contributed by atoms with E-state index in [1.54, 1.807) is 12.1 Å². The van der Waals surface area contributed by atoms with Gasteiger partial charge in [0.1, 0.15) is 0 Å². The number of urea groups is 1. The van der Waals surface area contributed by atoms with E-state index in [2.05, 4.69) is 5.32 Å². The Morgan fingerprint density at radius 3 is 2.00 bits per heavy atom. The van der Waals surface area contributed by atoms with E-state index in [4.69, 9.17) is 14.2 Å². The molecule has 2 amide bonds. The fourth-order valence-corrected chi connectivity index (χ4v) is 2.58. The normalized spacial score (nSPS) is 13.8. The van der Waals surface area contributed by atoms with Crippen molar-refractivity contribution in [3.8, 4) is 17.2 Å². The van der Waals surface area contributed by atoms with E-state index in [9.17, 15) is 4.79 Å². The fraction of sp³-hybridized carbons (Fsp3) is 0.588. The molecule has 23 heavy (non-hydrogen) atoms. The summed E-state index contributed by atoms with van der Waals surface area (Å²) >= 11 is 0. The van der Waals surface area contributed by atoms with Crippen molar-refractivity contribution in [2.24, 2.45) is 0 Å². The average molecular weight is 322 g/mol. The number of ether oxygens (including phenoxy) is 3. The van der Waals surface area contributed by atoms with Crippen LogP contribution in [0.3, 0.4) is 0 Å². The predicted octanol–water partition coefficient (Wildman–Crippen LogP) is 3.51. The molecule has 1 saturated heterocycles. The van der Waals surface area contributed by atoms with Crippen LogP contribution in [0.15, 0.2) is 12.1 Å². The topological polar surface area (TPSA) is 60.0 Å². The van der Waals surface area contributed by atoms with E-state index in [1.807, 2.05) is 25.7 Å². The summed E-state index contributed by atoms with van der Waals surface area (Å²) in [5.74, 6) is 1.74. The maximum absolute atomic E-state index is 12.3. The lowest BCUT2D eigenvalue weighted by Crippen LogP contribution is -2.32. The Morgan fingerprint density at radius 2 is 1.52 bits per heavy atom. The number of carbonyl (C=O) groups is 1. The van der Waals surface area contributed by atoms with E-state index in [0.717, 1.165) is 25.9 Å². The molecule has 0 aromatic heterocycles. The van der Waals surface area contributed by atoms with Gasteiger partial charge < -0.3 is 24.4 Å². The average Bonchev–Trinajstić information content (AvgIpc) is 3.05. The molecule has 0 saturated carbocycles. The van der Waals surface area contributed by atoms with Gasteiger partial charge in [-0.25, -0.2) is 4.79 Å². The van der Waals surface area contributed by atoms with Crippen LogP contribution in [0.5, 0.6) is 17.2 Å². The Morgan fingerprint density at radius 1 is 1.00 bits per heavy atom. The second-order valence-electron chi connectivity index (χ2n) is 5.22. The molecule has 6 heteroatoms. The summed E-state index contributed by atoms with van der Waals surface area (Å²) in [6, 6.07) is 3.48. The number of anilines is 1. The monoisotopic (exact) mass is 322 g/mol. The van der Waals surface area contributed by atoms with Crippen molar-refractivity contribution in [3.05, 3.63) is 12.1 Å². The lowest BCUT2D eigenvalue weighted by atomic mass is 10.2. The number of nitrogens with zero attached hydrogens (tertiary/aromatic N) is 1. The minimum Gasteiger partial charge on any atom is -0.490 e. The Kier molecular flexibility index (Phi) is 6.38. The fourth-order valence-electron chi connectivity index (χ4n) is 2.58. The van der Waals surface area contributed by atoms with Crippen LogP contribution in [0.1, 0.15) is 33.6 Å². The third-order valence-corrected chi connectivity index (χ3v) is 3.55. The van der Waals surface area contributed by atoms with E-state index in [1.165, 1.54) is 0 Å². The second-order valence-corrected chi connectivity index (χ2v) is 5.22. The first kappa shape index (κ1) is 17.2. The van der Waals surface area contributed by atoms with E-state index in [0.29, 0.717) is 42.8 Å². The van der Waals surface area contributed by atoms with Crippen LogP contribution < -0.4 is 19.5 Å². The first-order valence-corrected chi connectivity index (χ1v) is 8.31. The highest BCUT2D eigenvalue weighted by atomic mass is 16.5. The van der Waals surface area contributed by atoms with Gasteiger partial charge in [0.2, 0.25) is 5.75 Å². The van der Waals surface area contributed by atoms with Gasteiger partial charge in [0, 0.05) is 25.2 Å². The quantitative estimate of drug-likeness (QED) is 0.834. The number of rotatable bonds is 7. The summed E-state index contributed by atoms with van der Waals surface area (Å²) in [5, 5.41) is 2.92. The molecule has 1 N–H and O–H groups in total. The van der Waals surface area contributed by atoms with Crippen molar-refractivity contribution in [2.75, 3.05) is 38.2 Å². The van der Waals surface area contributed by atoms with Crippen molar-refractivity contribution in [1.29, 1.82) is 0 Å². The molecule has 2 rings (SSSR count). The molecule has 0 radical (unpaired) electrons. The molecule has 1 fully saturated rings. The van der Waals surface area contributed by atoms with Gasteiger partial charge in [0.15, 0.2) is 11.5 Å². The molecule has 0 bridgehead atoms. The van der Waals surface area contributed by atoms with E-state index in [-0.39, 0.29) is 6.03 Å². The van der Waals surface area contributed by atoms with Gasteiger partial charge in [0.25, 0.3) is 0 Å². The van der Waals surface area contributed by atoms with Crippen LogP contribution in [0.2, 0.25) is 0 Å². The lowest BCUT2D eigenvalue weighted by Gasteiger charge is -2.19. The number of hydrogen-bond acceptors (Lipinski definition) is 4. The summed E-state index contributed by atoms with van der Waals surface area (Å²) in [6.07, 6.45) is 2.12. The SMILES string of the molecule is CCOc1cc(NC(=O)N2CCCC2)cc(OCC)c1OCC. The highest BCUT2D eigenvalue weighted by Gasteiger charge is 2.20. The highest BCUT2D eigenvalue weighted by molar-refractivity contribution is 5.90. The summed E-state index contributed by atoms with van der Waals surface area (Å²) in [4.78, 5) is 14.1. The van der Waals surface area contributed by atoms with Crippen molar-refractivity contribution in [2.45, 2.75) is 33.6 Å². The molecular formula is C17H26N2O4. The molecule has 1 aromatic carbocycles. The van der Waals surface area contributed by atoms with Gasteiger partial charge in [-0.05, 0) is 33.6 Å². The minimum absolute atomic E-state index is 0.0865. The first-order valence-electron chi connectivity index (χ1n) is 8.31. The smallest absolute Gasteiger partial charge is 0.321 e. The lowest BCUT2D eigenvalue weighted by molar-refractivity contribution is 0.222. The van der Waals surface area contributed by atoms with E-state index < -0.39 is 0 Å². The van der Waals surface area contributed by atoms with Gasteiger partial charge in [-0.2, -0.15) is 0 Å². The number of carbonyl (C=O) groups excluding carboxylic acids is 1. The summed E-state index contributed by atoms with van der Waals surface area (Å²) in [5.41, 5.74) is 0.650. The number of nitrogens with one attached hydrogen (secondary N) is 1. The zero-order valence-electron chi connectivity index (χ0n) is 14.2. The van der Waals surface area contributed by atoms with Gasteiger partial charge in [-0.15, -0.1) is 0 Å². The Balaban J connectivity index is 2.25. The molecule has 0 spiro atoms. The molecule has 1 aromatic rings. The van der Waals surface area contributed by atoms with Gasteiger partial charge in [0.05, 0.1) is 25.5 Å². The van der Waals surface area contributed by atoms with Crippen LogP contribution in [-0.2, 0) is 0 Å². The largest absolute Gasteiger partial charge is 0.490 e. The van der Waals surface area contributed by atoms with Crippen LogP contribution in [0.4, 0.5) is 10.5 Å². The summed E-state index contributed by atoms with van der Waals surface area (Å²) in [6.45, 7) is 8.87. The first-order chi connectivity index (χ1) is 11.2. The highest BCUT2D eigenvalue weighted by Crippen LogP contribution is 2.40. The molecule has 1 aliphatic rings.